The molecule has 0 bridgehead atoms. The lowest BCUT2D eigenvalue weighted by molar-refractivity contribution is 0.560. The number of anilines is 1. The molecule has 1 atom stereocenters. The number of nitrogens with zero attached hydrogens (tertiary/aromatic N) is 1. The van der Waals surface area contributed by atoms with Crippen molar-refractivity contribution >= 4 is 50.7 Å². The Kier molecular flexibility index (Phi) is 8.28. The van der Waals surface area contributed by atoms with E-state index in [4.69, 9.17) is 23.2 Å². The van der Waals surface area contributed by atoms with Crippen molar-refractivity contribution in [2.75, 3.05) is 15.8 Å². The lowest BCUT2D eigenvalue weighted by Crippen LogP contribution is -2.39. The largest absolute Gasteiger partial charge is 0.264 e. The van der Waals surface area contributed by atoms with Crippen LogP contribution in [0.5, 0.6) is 0 Å². The standard InChI is InChI=1S/C19H22Cl2FNO2S2/c1-3-26-12-4-5-14(2)23(19-13-16(21)8-11-18(19)22)27(24,25)17-9-6-15(20)7-10-17/h6-11,13-14H,3-5,12H2,1-2H3/t14-/m1/s1. The Morgan fingerprint density at radius 2 is 1.74 bits per heavy atom. The van der Waals surface area contributed by atoms with E-state index >= 15 is 0 Å². The number of thioether (sulfide) groups is 1. The van der Waals surface area contributed by atoms with E-state index in [0.717, 1.165) is 22.2 Å². The first kappa shape index (κ1) is 22.3. The van der Waals surface area contributed by atoms with Crippen LogP contribution in [0.1, 0.15) is 26.7 Å². The van der Waals surface area contributed by atoms with Crippen LogP contribution < -0.4 is 4.31 Å². The van der Waals surface area contributed by atoms with E-state index in [9.17, 15) is 12.8 Å². The maximum Gasteiger partial charge on any atom is 0.264 e. The second kappa shape index (κ2) is 10.0. The lowest BCUT2D eigenvalue weighted by Gasteiger charge is -2.31. The maximum absolute atomic E-state index is 14.5. The van der Waals surface area contributed by atoms with E-state index in [2.05, 4.69) is 6.92 Å². The van der Waals surface area contributed by atoms with Crippen molar-refractivity contribution < 1.29 is 12.8 Å². The lowest BCUT2D eigenvalue weighted by atomic mass is 10.2. The molecule has 2 rings (SSSR count). The highest BCUT2D eigenvalue weighted by atomic mass is 35.5. The second-order valence-electron chi connectivity index (χ2n) is 6.04. The molecular weight excluding hydrogens is 428 g/mol. The predicted octanol–water partition coefficient (Wildman–Crippen LogP) is 6.25. The third kappa shape index (κ3) is 5.76. The fraction of sp³-hybridized carbons (Fsp3) is 0.368. The van der Waals surface area contributed by atoms with Crippen molar-refractivity contribution in [1.82, 2.24) is 0 Å². The van der Waals surface area contributed by atoms with Gasteiger partial charge in [-0.3, -0.25) is 4.31 Å². The number of rotatable bonds is 9. The monoisotopic (exact) mass is 449 g/mol. The average Bonchev–Trinajstić information content (AvgIpc) is 2.62. The summed E-state index contributed by atoms with van der Waals surface area (Å²) >= 11 is 13.7. The minimum Gasteiger partial charge on any atom is -0.261 e. The fourth-order valence-electron chi connectivity index (χ4n) is 2.72. The zero-order valence-corrected chi connectivity index (χ0v) is 18.3. The van der Waals surface area contributed by atoms with Gasteiger partial charge < -0.3 is 0 Å². The summed E-state index contributed by atoms with van der Waals surface area (Å²) in [7, 11) is -3.98. The van der Waals surface area contributed by atoms with Crippen molar-refractivity contribution in [2.24, 2.45) is 0 Å². The molecule has 0 fully saturated rings. The van der Waals surface area contributed by atoms with Crippen molar-refractivity contribution in [1.29, 1.82) is 0 Å². The average molecular weight is 450 g/mol. The number of benzene rings is 2. The quantitative estimate of drug-likeness (QED) is 0.424. The van der Waals surface area contributed by atoms with Crippen molar-refractivity contribution in [3.05, 3.63) is 58.3 Å². The van der Waals surface area contributed by atoms with Crippen LogP contribution in [0, 0.1) is 5.82 Å². The van der Waals surface area contributed by atoms with E-state index in [0.29, 0.717) is 11.4 Å². The first-order valence-corrected chi connectivity index (χ1v) is 11.9. The number of halogens is 3. The summed E-state index contributed by atoms with van der Waals surface area (Å²) in [5, 5.41) is 0.704. The van der Waals surface area contributed by atoms with Crippen LogP contribution in [-0.2, 0) is 10.0 Å². The van der Waals surface area contributed by atoms with Crippen LogP contribution in [0.4, 0.5) is 10.1 Å². The summed E-state index contributed by atoms with van der Waals surface area (Å²) in [6, 6.07) is 9.35. The van der Waals surface area contributed by atoms with E-state index in [1.54, 1.807) is 18.7 Å². The van der Waals surface area contributed by atoms with Crippen LogP contribution in [0.15, 0.2) is 47.4 Å². The zero-order chi connectivity index (χ0) is 20.0. The Balaban J connectivity index is 2.45. The first-order valence-electron chi connectivity index (χ1n) is 8.60. The van der Waals surface area contributed by atoms with Crippen molar-refractivity contribution in [3.8, 4) is 0 Å². The highest BCUT2D eigenvalue weighted by Gasteiger charge is 2.31. The van der Waals surface area contributed by atoms with E-state index in [-0.39, 0.29) is 15.6 Å². The van der Waals surface area contributed by atoms with Crippen molar-refractivity contribution in [2.45, 2.75) is 37.6 Å². The van der Waals surface area contributed by atoms with Crippen LogP contribution >= 0.6 is 35.0 Å². The summed E-state index contributed by atoms with van der Waals surface area (Å²) in [6.07, 6.45) is 1.43. The third-order valence-corrected chi connectivity index (χ3v) is 7.45. The van der Waals surface area contributed by atoms with Crippen LogP contribution in [0.2, 0.25) is 10.0 Å². The van der Waals surface area contributed by atoms with Gasteiger partial charge >= 0.3 is 0 Å². The molecule has 0 aliphatic rings. The van der Waals surface area contributed by atoms with Gasteiger partial charge in [-0.15, -0.1) is 0 Å². The fourth-order valence-corrected chi connectivity index (χ4v) is 5.36. The van der Waals surface area contributed by atoms with E-state index in [1.165, 1.54) is 42.5 Å². The molecule has 0 saturated carbocycles. The molecule has 0 unspecified atom stereocenters. The Morgan fingerprint density at radius 1 is 1.11 bits per heavy atom. The normalized spacial score (nSPS) is 12.8. The molecule has 2 aromatic carbocycles. The molecule has 0 spiro atoms. The molecular formula is C19H22Cl2FNO2S2. The van der Waals surface area contributed by atoms with E-state index in [1.807, 2.05) is 0 Å². The molecule has 0 aliphatic heterocycles. The second-order valence-corrected chi connectivity index (χ2v) is 10.1. The molecule has 0 N–H and O–H groups in total. The van der Waals surface area contributed by atoms with Gasteiger partial charge in [0.15, 0.2) is 0 Å². The van der Waals surface area contributed by atoms with Gasteiger partial charge in [0.05, 0.1) is 10.6 Å². The molecule has 0 radical (unpaired) electrons. The molecule has 0 amide bonds. The summed E-state index contributed by atoms with van der Waals surface area (Å²) in [5.41, 5.74) is -0.0481. The van der Waals surface area contributed by atoms with Gasteiger partial charge in [-0.05, 0) is 73.7 Å². The maximum atomic E-state index is 14.5. The molecule has 8 heteroatoms. The Labute approximate surface area is 174 Å². The number of hydrogen-bond acceptors (Lipinski definition) is 3. The van der Waals surface area contributed by atoms with Gasteiger partial charge in [-0.25, -0.2) is 12.8 Å². The summed E-state index contributed by atoms with van der Waals surface area (Å²) in [4.78, 5) is 0.0565. The number of hydrogen-bond donors (Lipinski definition) is 0. The summed E-state index contributed by atoms with van der Waals surface area (Å²) < 4.78 is 42.3. The molecule has 0 aromatic heterocycles. The van der Waals surface area contributed by atoms with Gasteiger partial charge in [0.1, 0.15) is 5.82 Å². The molecule has 0 saturated heterocycles. The molecule has 27 heavy (non-hydrogen) atoms. The van der Waals surface area contributed by atoms with Crippen LogP contribution in [-0.4, -0.2) is 26.0 Å². The molecule has 0 aliphatic carbocycles. The Hall–Kier alpha value is -0.950. The Bertz CT molecular complexity index is 861. The first-order chi connectivity index (χ1) is 12.8. The van der Waals surface area contributed by atoms with Gasteiger partial charge in [-0.2, -0.15) is 11.8 Å². The van der Waals surface area contributed by atoms with Crippen LogP contribution in [0.25, 0.3) is 0 Å². The highest BCUT2D eigenvalue weighted by Crippen LogP contribution is 2.32. The smallest absolute Gasteiger partial charge is 0.261 e. The molecule has 0 heterocycles. The van der Waals surface area contributed by atoms with Gasteiger partial charge in [0, 0.05) is 16.1 Å². The van der Waals surface area contributed by atoms with E-state index < -0.39 is 21.9 Å². The summed E-state index contributed by atoms with van der Waals surface area (Å²) in [6.45, 7) is 3.86. The van der Waals surface area contributed by atoms with Gasteiger partial charge in [0.25, 0.3) is 10.0 Å². The number of sulfonamides is 1. The highest BCUT2D eigenvalue weighted by molar-refractivity contribution is 7.99. The van der Waals surface area contributed by atoms with Crippen molar-refractivity contribution in [3.63, 3.8) is 0 Å². The molecule has 3 nitrogen and oxygen atoms in total. The SMILES string of the molecule is CCSCCC[C@@H](C)N(c1cc(Cl)ccc1F)S(=O)(=O)c1ccc(Cl)cc1. The van der Waals surface area contributed by atoms with Gasteiger partial charge in [-0.1, -0.05) is 30.1 Å². The van der Waals surface area contributed by atoms with Crippen LogP contribution in [0.3, 0.4) is 0 Å². The third-order valence-electron chi connectivity index (χ3n) is 4.03. The van der Waals surface area contributed by atoms with Gasteiger partial charge in [0.2, 0.25) is 0 Å². The predicted molar refractivity (Wildman–Crippen MR) is 114 cm³/mol. The minimum absolute atomic E-state index is 0.0481. The topological polar surface area (TPSA) is 37.4 Å². The zero-order valence-electron chi connectivity index (χ0n) is 15.2. The molecule has 2 aromatic rings. The molecule has 148 valence electrons. The minimum atomic E-state index is -3.98. The Morgan fingerprint density at radius 3 is 2.37 bits per heavy atom. The summed E-state index contributed by atoms with van der Waals surface area (Å²) in [5.74, 6) is 1.30.